The Morgan fingerprint density at radius 2 is 2.10 bits per heavy atom. The van der Waals surface area contributed by atoms with Gasteiger partial charge in [-0.05, 0) is 12.1 Å². The van der Waals surface area contributed by atoms with Crippen LogP contribution in [0.5, 0.6) is 0 Å². The Bertz CT molecular complexity index is 519. The number of anilines is 1. The lowest BCUT2D eigenvalue weighted by Crippen LogP contribution is -3.12. The Kier molecular flexibility index (Phi) is 6.29. The fourth-order valence-electron chi connectivity index (χ4n) is 2.04. The molecule has 0 atom stereocenters. The van der Waals surface area contributed by atoms with Gasteiger partial charge in [-0.15, -0.1) is 0 Å². The Hall–Kier alpha value is -0.820. The second-order valence-electron chi connectivity index (χ2n) is 5.03. The van der Waals surface area contributed by atoms with E-state index in [4.69, 9.17) is 23.8 Å². The van der Waals surface area contributed by atoms with E-state index in [2.05, 4.69) is 17.3 Å². The van der Waals surface area contributed by atoms with E-state index in [1.807, 2.05) is 12.1 Å². The van der Waals surface area contributed by atoms with E-state index in [1.54, 1.807) is 12.1 Å². The van der Waals surface area contributed by atoms with Crippen molar-refractivity contribution in [2.24, 2.45) is 0 Å². The van der Waals surface area contributed by atoms with Gasteiger partial charge in [0.25, 0.3) is 0 Å². The SMILES string of the molecule is C[NH+]1CCN(C(=S)SCC(=O)Nc2ccccc2Cl)CC1. The minimum atomic E-state index is -0.0878. The van der Waals surface area contributed by atoms with Crippen LogP contribution in [0.2, 0.25) is 5.02 Å². The number of amides is 1. The van der Waals surface area contributed by atoms with Gasteiger partial charge in [-0.3, -0.25) is 4.79 Å². The van der Waals surface area contributed by atoms with Crippen molar-refractivity contribution in [2.75, 3.05) is 44.3 Å². The number of piperazine rings is 1. The molecule has 1 heterocycles. The van der Waals surface area contributed by atoms with Crippen LogP contribution in [0.15, 0.2) is 24.3 Å². The number of carbonyl (C=O) groups excluding carboxylic acids is 1. The summed E-state index contributed by atoms with van der Waals surface area (Å²) in [5.41, 5.74) is 0.638. The summed E-state index contributed by atoms with van der Waals surface area (Å²) in [5, 5.41) is 3.34. The van der Waals surface area contributed by atoms with Crippen molar-refractivity contribution in [3.63, 3.8) is 0 Å². The van der Waals surface area contributed by atoms with Crippen LogP contribution in [0.4, 0.5) is 5.69 Å². The molecule has 21 heavy (non-hydrogen) atoms. The fraction of sp³-hybridized carbons (Fsp3) is 0.429. The van der Waals surface area contributed by atoms with Gasteiger partial charge in [0.1, 0.15) is 4.32 Å². The maximum Gasteiger partial charge on any atom is 0.234 e. The third-order valence-corrected chi connectivity index (χ3v) is 5.20. The normalized spacial score (nSPS) is 15.8. The number of thioether (sulfide) groups is 1. The summed E-state index contributed by atoms with van der Waals surface area (Å²) >= 11 is 12.8. The predicted octanol–water partition coefficient (Wildman–Crippen LogP) is 1.13. The van der Waals surface area contributed by atoms with Crippen LogP contribution in [0.1, 0.15) is 0 Å². The second-order valence-corrected chi connectivity index (χ2v) is 7.04. The molecule has 7 heteroatoms. The second kappa shape index (κ2) is 7.98. The van der Waals surface area contributed by atoms with E-state index >= 15 is 0 Å². The minimum absolute atomic E-state index is 0.0878. The molecule has 2 N–H and O–H groups in total. The van der Waals surface area contributed by atoms with Crippen molar-refractivity contribution >= 4 is 51.5 Å². The van der Waals surface area contributed by atoms with Gasteiger partial charge >= 0.3 is 0 Å². The van der Waals surface area contributed by atoms with Crippen molar-refractivity contribution < 1.29 is 9.69 Å². The number of hydrogen-bond acceptors (Lipinski definition) is 3. The molecule has 0 spiro atoms. The summed E-state index contributed by atoms with van der Waals surface area (Å²) < 4.78 is 0.803. The zero-order valence-corrected chi connectivity index (χ0v) is 14.3. The molecule has 0 radical (unpaired) electrons. The maximum atomic E-state index is 11.9. The van der Waals surface area contributed by atoms with Gasteiger partial charge in [-0.25, -0.2) is 0 Å². The Balaban J connectivity index is 1.76. The largest absolute Gasteiger partial charge is 0.346 e. The first-order valence-electron chi connectivity index (χ1n) is 6.83. The first-order valence-corrected chi connectivity index (χ1v) is 8.61. The van der Waals surface area contributed by atoms with Crippen LogP contribution in [0.25, 0.3) is 0 Å². The maximum absolute atomic E-state index is 11.9. The first-order chi connectivity index (χ1) is 10.1. The van der Waals surface area contributed by atoms with Crippen LogP contribution < -0.4 is 10.2 Å². The van der Waals surface area contributed by atoms with Gasteiger partial charge < -0.3 is 15.1 Å². The molecule has 0 unspecified atom stereocenters. The lowest BCUT2D eigenvalue weighted by atomic mass is 10.3. The van der Waals surface area contributed by atoms with Crippen molar-refractivity contribution in [1.82, 2.24) is 4.90 Å². The van der Waals surface area contributed by atoms with Gasteiger partial charge in [0.15, 0.2) is 0 Å². The number of para-hydroxylation sites is 1. The zero-order valence-electron chi connectivity index (χ0n) is 11.9. The van der Waals surface area contributed by atoms with Crippen molar-refractivity contribution in [1.29, 1.82) is 0 Å². The smallest absolute Gasteiger partial charge is 0.234 e. The molecular weight excluding hydrogens is 326 g/mol. The number of likely N-dealkylation sites (N-methyl/N-ethyl adjacent to an activating group) is 1. The molecule has 4 nitrogen and oxygen atoms in total. The molecule has 114 valence electrons. The number of quaternary nitrogens is 1. The molecule has 0 saturated carbocycles. The summed E-state index contributed by atoms with van der Waals surface area (Å²) in [6.45, 7) is 4.10. The molecule has 1 aliphatic rings. The lowest BCUT2D eigenvalue weighted by molar-refractivity contribution is -0.883. The molecule has 1 amide bonds. The third-order valence-electron chi connectivity index (χ3n) is 3.35. The van der Waals surface area contributed by atoms with E-state index in [1.165, 1.54) is 16.7 Å². The third kappa shape index (κ3) is 5.14. The van der Waals surface area contributed by atoms with Crippen molar-refractivity contribution in [3.05, 3.63) is 29.3 Å². The highest BCUT2D eigenvalue weighted by Crippen LogP contribution is 2.20. The summed E-state index contributed by atoms with van der Waals surface area (Å²) in [5.74, 6) is 0.221. The monoisotopic (exact) mass is 344 g/mol. The van der Waals surface area contributed by atoms with Gasteiger partial charge in [0.2, 0.25) is 5.91 Å². The average molecular weight is 345 g/mol. The summed E-state index contributed by atoms with van der Waals surface area (Å²) in [7, 11) is 2.19. The highest BCUT2D eigenvalue weighted by atomic mass is 35.5. The average Bonchev–Trinajstić information content (AvgIpc) is 2.48. The zero-order chi connectivity index (χ0) is 15.2. The lowest BCUT2D eigenvalue weighted by Gasteiger charge is -2.31. The molecular formula is C14H19ClN3OS2+. The van der Waals surface area contributed by atoms with E-state index < -0.39 is 0 Å². The summed E-state index contributed by atoms with van der Waals surface area (Å²) in [4.78, 5) is 15.6. The van der Waals surface area contributed by atoms with E-state index in [0.717, 1.165) is 30.5 Å². The number of thiocarbonyl (C=S) groups is 1. The van der Waals surface area contributed by atoms with Crippen LogP contribution in [0, 0.1) is 0 Å². The molecule has 0 aromatic heterocycles. The fourth-order valence-corrected chi connectivity index (χ4v) is 3.27. The topological polar surface area (TPSA) is 36.8 Å². The highest BCUT2D eigenvalue weighted by molar-refractivity contribution is 8.23. The molecule has 1 aromatic carbocycles. The van der Waals surface area contributed by atoms with Crippen molar-refractivity contribution in [3.8, 4) is 0 Å². The molecule has 1 aromatic rings. The molecule has 0 aliphatic carbocycles. The number of hydrogen-bond donors (Lipinski definition) is 2. The van der Waals surface area contributed by atoms with Crippen LogP contribution >= 0.6 is 35.6 Å². The minimum Gasteiger partial charge on any atom is -0.346 e. The molecule has 0 bridgehead atoms. The van der Waals surface area contributed by atoms with Crippen LogP contribution in [-0.4, -0.2) is 54.1 Å². The predicted molar refractivity (Wildman–Crippen MR) is 93.3 cm³/mol. The number of nitrogens with one attached hydrogen (secondary N) is 2. The van der Waals surface area contributed by atoms with E-state index in [9.17, 15) is 4.79 Å². The molecule has 1 aliphatic heterocycles. The molecule has 1 saturated heterocycles. The van der Waals surface area contributed by atoms with E-state index in [0.29, 0.717) is 16.5 Å². The Morgan fingerprint density at radius 3 is 2.76 bits per heavy atom. The Morgan fingerprint density at radius 1 is 1.43 bits per heavy atom. The summed E-state index contributed by atoms with van der Waals surface area (Å²) in [6.07, 6.45) is 0. The molecule has 1 fully saturated rings. The highest BCUT2D eigenvalue weighted by Gasteiger charge is 2.19. The number of halogens is 1. The van der Waals surface area contributed by atoms with E-state index in [-0.39, 0.29) is 5.91 Å². The van der Waals surface area contributed by atoms with Gasteiger partial charge in [0.05, 0.1) is 49.7 Å². The Labute approximate surface area is 139 Å². The summed E-state index contributed by atoms with van der Waals surface area (Å²) in [6, 6.07) is 7.21. The quantitative estimate of drug-likeness (QED) is 0.806. The van der Waals surface area contributed by atoms with Crippen molar-refractivity contribution in [2.45, 2.75) is 0 Å². The number of rotatable bonds is 3. The number of nitrogens with zero attached hydrogens (tertiary/aromatic N) is 1. The standard InChI is InChI=1S/C14H18ClN3OS2/c1-17-6-8-18(9-7-17)14(20)21-10-13(19)16-12-5-3-2-4-11(12)15/h2-5H,6-10H2,1H3,(H,16,19)/p+1. The van der Waals surface area contributed by atoms with Gasteiger partial charge in [0, 0.05) is 0 Å². The number of carbonyl (C=O) groups is 1. The molecule has 2 rings (SSSR count). The van der Waals surface area contributed by atoms with Crippen LogP contribution in [-0.2, 0) is 4.79 Å². The van der Waals surface area contributed by atoms with Crippen LogP contribution in [0.3, 0.4) is 0 Å². The van der Waals surface area contributed by atoms with Gasteiger partial charge in [-0.1, -0.05) is 47.7 Å². The number of benzene rings is 1. The first kappa shape index (κ1) is 16.5. The van der Waals surface area contributed by atoms with Gasteiger partial charge in [-0.2, -0.15) is 0 Å².